The van der Waals surface area contributed by atoms with Crippen molar-refractivity contribution in [3.05, 3.63) is 41.2 Å². The van der Waals surface area contributed by atoms with Gasteiger partial charge in [-0.05, 0) is 37.6 Å². The van der Waals surface area contributed by atoms with Gasteiger partial charge >= 0.3 is 0 Å². The van der Waals surface area contributed by atoms with Gasteiger partial charge in [0.2, 0.25) is 5.16 Å². The maximum absolute atomic E-state index is 12.6. The van der Waals surface area contributed by atoms with Gasteiger partial charge in [-0.2, -0.15) is 13.9 Å². The summed E-state index contributed by atoms with van der Waals surface area (Å²) in [6.07, 6.45) is 0. The van der Waals surface area contributed by atoms with Crippen molar-refractivity contribution in [1.82, 2.24) is 24.7 Å². The molecule has 0 fully saturated rings. The van der Waals surface area contributed by atoms with E-state index >= 15 is 0 Å². The number of aryl methyl sites for hydroxylation is 2. The highest BCUT2D eigenvalue weighted by Crippen LogP contribution is 2.35. The van der Waals surface area contributed by atoms with Gasteiger partial charge < -0.3 is 10.6 Å². The third-order valence-corrected chi connectivity index (χ3v) is 5.44. The third kappa shape index (κ3) is 4.35. The van der Waals surface area contributed by atoms with Crippen molar-refractivity contribution in [1.29, 1.82) is 0 Å². The van der Waals surface area contributed by atoms with Crippen LogP contribution in [0.5, 0.6) is 5.75 Å². The molecule has 0 amide bonds. The lowest BCUT2D eigenvalue weighted by Gasteiger charge is -2.10. The lowest BCUT2D eigenvalue weighted by atomic mass is 10.2. The predicted octanol–water partition coefficient (Wildman–Crippen LogP) is 3.41. The lowest BCUT2D eigenvalue weighted by Crippen LogP contribution is -2.17. The molecule has 2 heterocycles. The fourth-order valence-corrected chi connectivity index (χ4v) is 3.88. The van der Waals surface area contributed by atoms with Gasteiger partial charge in [-0.1, -0.05) is 29.6 Å². The van der Waals surface area contributed by atoms with E-state index in [1.807, 2.05) is 19.9 Å². The molecule has 27 heavy (non-hydrogen) atoms. The van der Waals surface area contributed by atoms with Gasteiger partial charge in [0.25, 0.3) is 11.7 Å². The molecule has 0 saturated carbocycles. The first-order valence-corrected chi connectivity index (χ1v) is 9.74. The van der Waals surface area contributed by atoms with E-state index in [0.717, 1.165) is 17.0 Å². The number of aromatic nitrogens is 5. The number of nitrogens with zero attached hydrogens (tertiary/aromatic N) is 5. The minimum atomic E-state index is -2.50. The van der Waals surface area contributed by atoms with Crippen LogP contribution >= 0.6 is 23.5 Å². The zero-order valence-corrected chi connectivity index (χ0v) is 16.5. The van der Waals surface area contributed by atoms with Gasteiger partial charge in [-0.3, -0.25) is 0 Å². The van der Waals surface area contributed by atoms with Crippen molar-refractivity contribution < 1.29 is 13.5 Å². The number of alkyl halides is 2. The summed E-state index contributed by atoms with van der Waals surface area (Å²) in [7, 11) is 1.46. The molecule has 0 bridgehead atoms. The van der Waals surface area contributed by atoms with Crippen LogP contribution in [-0.2, 0) is 5.75 Å². The summed E-state index contributed by atoms with van der Waals surface area (Å²) >= 11 is 1.84. The number of hydrogen-bond donors (Lipinski definition) is 1. The quantitative estimate of drug-likeness (QED) is 0.470. The van der Waals surface area contributed by atoms with Gasteiger partial charge in [0.15, 0.2) is 0 Å². The van der Waals surface area contributed by atoms with Gasteiger partial charge in [0.05, 0.1) is 17.7 Å². The van der Waals surface area contributed by atoms with Crippen molar-refractivity contribution in [2.45, 2.75) is 35.4 Å². The fraction of sp³-hybridized carbons (Fsp3) is 0.312. The van der Waals surface area contributed by atoms with Gasteiger partial charge in [-0.25, -0.2) is 9.36 Å². The Hall–Kier alpha value is -2.27. The molecule has 11 heteroatoms. The minimum Gasteiger partial charge on any atom is -0.496 e. The molecule has 3 aromatic rings. The predicted molar refractivity (Wildman–Crippen MR) is 101 cm³/mol. The Balaban J connectivity index is 1.75. The molecule has 1 aromatic carbocycles. The highest BCUT2D eigenvalue weighted by atomic mass is 32.2. The molecule has 0 atom stereocenters. The van der Waals surface area contributed by atoms with E-state index in [-0.39, 0.29) is 0 Å². The largest absolute Gasteiger partial charge is 0.496 e. The van der Waals surface area contributed by atoms with Crippen LogP contribution in [0.4, 0.5) is 8.78 Å². The molecule has 2 aromatic heterocycles. The normalized spacial score (nSPS) is 11.3. The number of halogens is 2. The number of nitrogen functional groups attached to an aromatic ring is 1. The van der Waals surface area contributed by atoms with E-state index in [2.05, 4.69) is 15.3 Å². The van der Waals surface area contributed by atoms with Crippen LogP contribution in [0.3, 0.4) is 0 Å². The molecule has 3 rings (SSSR count). The zero-order chi connectivity index (χ0) is 19.6. The number of benzene rings is 1. The van der Waals surface area contributed by atoms with Crippen LogP contribution in [0.2, 0.25) is 0 Å². The standard InChI is InChI=1S/C16H18F2N6OS2/c1-9-6-10(2)24(22-9)15-20-21-16(23(15)19)26-8-11-4-5-13(27-14(17)18)12(7-11)25-3/h4-7,14H,8,19H2,1-3H3. The Morgan fingerprint density at radius 2 is 2.00 bits per heavy atom. The van der Waals surface area contributed by atoms with E-state index in [4.69, 9.17) is 10.6 Å². The molecule has 0 aliphatic rings. The lowest BCUT2D eigenvalue weighted by molar-refractivity contribution is 0.251. The van der Waals surface area contributed by atoms with Crippen LogP contribution in [0, 0.1) is 13.8 Å². The Kier molecular flexibility index (Phi) is 5.90. The molecule has 0 aliphatic heterocycles. The summed E-state index contributed by atoms with van der Waals surface area (Å²) in [5.41, 5.74) is 2.66. The van der Waals surface area contributed by atoms with Gasteiger partial charge in [-0.15, -0.1) is 10.2 Å². The highest BCUT2D eigenvalue weighted by molar-refractivity contribution is 7.99. The average Bonchev–Trinajstić information content (AvgIpc) is 3.14. The van der Waals surface area contributed by atoms with E-state index < -0.39 is 5.76 Å². The molecule has 144 valence electrons. The molecule has 0 radical (unpaired) electrons. The van der Waals surface area contributed by atoms with Crippen LogP contribution < -0.4 is 10.6 Å². The van der Waals surface area contributed by atoms with Crippen LogP contribution in [0.1, 0.15) is 17.0 Å². The Morgan fingerprint density at radius 1 is 1.22 bits per heavy atom. The SMILES string of the molecule is COc1cc(CSc2nnc(-n3nc(C)cc3C)n2N)ccc1SC(F)F. The van der Waals surface area contributed by atoms with Crippen LogP contribution in [0.25, 0.3) is 5.95 Å². The van der Waals surface area contributed by atoms with E-state index in [0.29, 0.717) is 39.3 Å². The monoisotopic (exact) mass is 412 g/mol. The van der Waals surface area contributed by atoms with Crippen molar-refractivity contribution in [2.75, 3.05) is 13.0 Å². The number of methoxy groups -OCH3 is 1. The first-order chi connectivity index (χ1) is 12.9. The molecule has 7 nitrogen and oxygen atoms in total. The second kappa shape index (κ2) is 8.17. The summed E-state index contributed by atoms with van der Waals surface area (Å²) in [5, 5.41) is 13.1. The average molecular weight is 412 g/mol. The molecule has 0 unspecified atom stereocenters. The highest BCUT2D eigenvalue weighted by Gasteiger charge is 2.16. The maximum Gasteiger partial charge on any atom is 0.289 e. The number of nitrogens with two attached hydrogens (primary N) is 1. The molecule has 2 N–H and O–H groups in total. The number of rotatable bonds is 7. The minimum absolute atomic E-state index is 0.398. The zero-order valence-electron chi connectivity index (χ0n) is 14.9. The van der Waals surface area contributed by atoms with E-state index in [1.165, 1.54) is 23.5 Å². The second-order valence-electron chi connectivity index (χ2n) is 5.64. The van der Waals surface area contributed by atoms with Crippen LogP contribution in [-0.4, -0.2) is 37.5 Å². The molecular formula is C16H18F2N6OS2. The summed E-state index contributed by atoms with van der Waals surface area (Å²) < 4.78 is 33.4. The van der Waals surface area contributed by atoms with Crippen molar-refractivity contribution in [3.8, 4) is 11.7 Å². The molecule has 0 spiro atoms. The fourth-order valence-electron chi connectivity index (χ4n) is 2.49. The second-order valence-corrected chi connectivity index (χ2v) is 7.62. The smallest absolute Gasteiger partial charge is 0.289 e. The molecule has 0 aliphatic carbocycles. The van der Waals surface area contributed by atoms with Crippen LogP contribution in [0.15, 0.2) is 34.3 Å². The Labute approximate surface area is 163 Å². The Bertz CT molecular complexity index is 943. The van der Waals surface area contributed by atoms with E-state index in [9.17, 15) is 8.78 Å². The summed E-state index contributed by atoms with van der Waals surface area (Å²) in [5.74, 6) is 4.98. The maximum atomic E-state index is 12.6. The molecule has 0 saturated heterocycles. The van der Waals surface area contributed by atoms with Crippen molar-refractivity contribution in [3.63, 3.8) is 0 Å². The summed E-state index contributed by atoms with van der Waals surface area (Å²) in [6, 6.07) is 7.06. The van der Waals surface area contributed by atoms with Crippen molar-refractivity contribution in [2.24, 2.45) is 0 Å². The Morgan fingerprint density at radius 3 is 2.63 bits per heavy atom. The topological polar surface area (TPSA) is 83.8 Å². The van der Waals surface area contributed by atoms with E-state index in [1.54, 1.807) is 22.9 Å². The summed E-state index contributed by atoms with van der Waals surface area (Å²) in [6.45, 7) is 3.80. The first kappa shape index (κ1) is 19.5. The number of hydrogen-bond acceptors (Lipinski definition) is 7. The molecular weight excluding hydrogens is 394 g/mol. The third-order valence-electron chi connectivity index (χ3n) is 3.66. The number of thioether (sulfide) groups is 2. The van der Waals surface area contributed by atoms with Gasteiger partial charge in [0.1, 0.15) is 5.75 Å². The number of ether oxygens (including phenoxy) is 1. The van der Waals surface area contributed by atoms with Gasteiger partial charge in [0, 0.05) is 11.4 Å². The first-order valence-electron chi connectivity index (χ1n) is 7.87. The van der Waals surface area contributed by atoms with Crippen molar-refractivity contribution >= 4 is 23.5 Å². The summed E-state index contributed by atoms with van der Waals surface area (Å²) in [4.78, 5) is 0.398.